The van der Waals surface area contributed by atoms with Gasteiger partial charge in [0.05, 0.1) is 25.1 Å². The number of hydrogen-bond acceptors (Lipinski definition) is 6. The molecule has 2 heterocycles. The second kappa shape index (κ2) is 8.43. The molecule has 7 heteroatoms. The number of ether oxygens (including phenoxy) is 2. The first-order valence-corrected chi connectivity index (χ1v) is 8.46. The van der Waals surface area contributed by atoms with E-state index in [-0.39, 0.29) is 17.7 Å². The SMILES string of the molecule is CCOc1ccc(NC(=O)c2cnc(NCC3CCCO3)cn2)cc1. The normalized spacial score (nSPS) is 16.4. The minimum atomic E-state index is -0.303. The molecule has 1 fully saturated rings. The minimum Gasteiger partial charge on any atom is -0.494 e. The van der Waals surface area contributed by atoms with E-state index >= 15 is 0 Å². The fraction of sp³-hybridized carbons (Fsp3) is 0.389. The van der Waals surface area contributed by atoms with Gasteiger partial charge in [-0.2, -0.15) is 0 Å². The Morgan fingerprint density at radius 3 is 2.76 bits per heavy atom. The molecule has 3 rings (SSSR count). The van der Waals surface area contributed by atoms with Crippen LogP contribution >= 0.6 is 0 Å². The largest absolute Gasteiger partial charge is 0.494 e. The Hall–Kier alpha value is -2.67. The number of aromatic nitrogens is 2. The summed E-state index contributed by atoms with van der Waals surface area (Å²) in [5.74, 6) is 1.09. The summed E-state index contributed by atoms with van der Waals surface area (Å²) in [5, 5.41) is 5.96. The summed E-state index contributed by atoms with van der Waals surface area (Å²) in [7, 11) is 0. The molecule has 25 heavy (non-hydrogen) atoms. The Morgan fingerprint density at radius 1 is 1.28 bits per heavy atom. The van der Waals surface area contributed by atoms with Gasteiger partial charge in [0.15, 0.2) is 0 Å². The predicted octanol–water partition coefficient (Wildman–Crippen LogP) is 2.72. The minimum absolute atomic E-state index is 0.226. The number of nitrogens with one attached hydrogen (secondary N) is 2. The average Bonchev–Trinajstić information content (AvgIpc) is 3.16. The number of nitrogens with zero attached hydrogens (tertiary/aromatic N) is 2. The van der Waals surface area contributed by atoms with Crippen LogP contribution in [0.1, 0.15) is 30.3 Å². The number of benzene rings is 1. The summed E-state index contributed by atoms with van der Waals surface area (Å²) < 4.78 is 10.9. The third kappa shape index (κ3) is 4.90. The molecule has 0 spiro atoms. The molecule has 132 valence electrons. The zero-order valence-electron chi connectivity index (χ0n) is 14.2. The number of rotatable bonds is 7. The van der Waals surface area contributed by atoms with Crippen molar-refractivity contribution in [3.05, 3.63) is 42.4 Å². The van der Waals surface area contributed by atoms with Crippen molar-refractivity contribution in [2.24, 2.45) is 0 Å². The second-order valence-electron chi connectivity index (χ2n) is 5.71. The van der Waals surface area contributed by atoms with Gasteiger partial charge in [0.2, 0.25) is 0 Å². The van der Waals surface area contributed by atoms with Crippen LogP contribution in [0.2, 0.25) is 0 Å². The quantitative estimate of drug-likeness (QED) is 0.805. The van der Waals surface area contributed by atoms with Crippen LogP contribution in [0.4, 0.5) is 11.5 Å². The summed E-state index contributed by atoms with van der Waals surface area (Å²) in [4.78, 5) is 20.6. The van der Waals surface area contributed by atoms with Gasteiger partial charge in [0, 0.05) is 18.8 Å². The highest BCUT2D eigenvalue weighted by molar-refractivity contribution is 6.02. The lowest BCUT2D eigenvalue weighted by Gasteiger charge is -2.11. The Morgan fingerprint density at radius 2 is 2.12 bits per heavy atom. The molecular formula is C18H22N4O3. The Balaban J connectivity index is 1.52. The van der Waals surface area contributed by atoms with Crippen LogP contribution in [0.5, 0.6) is 5.75 Å². The topological polar surface area (TPSA) is 85.4 Å². The van der Waals surface area contributed by atoms with Crippen molar-refractivity contribution in [1.29, 1.82) is 0 Å². The summed E-state index contributed by atoms with van der Waals surface area (Å²) in [6, 6.07) is 7.19. The van der Waals surface area contributed by atoms with Gasteiger partial charge >= 0.3 is 0 Å². The Labute approximate surface area is 146 Å². The number of carbonyl (C=O) groups excluding carboxylic acids is 1. The molecule has 1 unspecified atom stereocenters. The number of anilines is 2. The van der Waals surface area contributed by atoms with Crippen LogP contribution in [-0.4, -0.2) is 41.7 Å². The van der Waals surface area contributed by atoms with Crippen LogP contribution in [0.3, 0.4) is 0 Å². The van der Waals surface area contributed by atoms with E-state index in [1.807, 2.05) is 19.1 Å². The third-order valence-corrected chi connectivity index (χ3v) is 3.84. The van der Waals surface area contributed by atoms with Gasteiger partial charge in [0.25, 0.3) is 5.91 Å². The summed E-state index contributed by atoms with van der Waals surface area (Å²) in [5.41, 5.74) is 0.937. The van der Waals surface area contributed by atoms with Crippen molar-refractivity contribution in [3.63, 3.8) is 0 Å². The lowest BCUT2D eigenvalue weighted by atomic mass is 10.2. The van der Waals surface area contributed by atoms with Gasteiger partial charge in [-0.1, -0.05) is 0 Å². The average molecular weight is 342 g/mol. The first-order valence-electron chi connectivity index (χ1n) is 8.46. The first-order chi connectivity index (χ1) is 12.2. The predicted molar refractivity (Wildman–Crippen MR) is 95.1 cm³/mol. The van der Waals surface area contributed by atoms with E-state index in [0.717, 1.165) is 25.2 Å². The van der Waals surface area contributed by atoms with Crippen molar-refractivity contribution >= 4 is 17.4 Å². The maximum atomic E-state index is 12.2. The molecule has 1 atom stereocenters. The molecule has 1 aromatic heterocycles. The lowest BCUT2D eigenvalue weighted by molar-refractivity contribution is 0.102. The fourth-order valence-electron chi connectivity index (χ4n) is 2.56. The van der Waals surface area contributed by atoms with Gasteiger partial charge in [-0.3, -0.25) is 4.79 Å². The van der Waals surface area contributed by atoms with Crippen LogP contribution < -0.4 is 15.4 Å². The Kier molecular flexibility index (Phi) is 5.79. The van der Waals surface area contributed by atoms with Crippen molar-refractivity contribution in [1.82, 2.24) is 9.97 Å². The molecular weight excluding hydrogens is 320 g/mol. The second-order valence-corrected chi connectivity index (χ2v) is 5.71. The van der Waals surface area contributed by atoms with E-state index in [0.29, 0.717) is 24.7 Å². The van der Waals surface area contributed by atoms with Crippen molar-refractivity contribution in [2.45, 2.75) is 25.9 Å². The number of carbonyl (C=O) groups is 1. The third-order valence-electron chi connectivity index (χ3n) is 3.84. The highest BCUT2D eigenvalue weighted by Gasteiger charge is 2.15. The maximum Gasteiger partial charge on any atom is 0.275 e. The van der Waals surface area contributed by atoms with Gasteiger partial charge in [-0.15, -0.1) is 0 Å². The van der Waals surface area contributed by atoms with E-state index in [4.69, 9.17) is 9.47 Å². The van der Waals surface area contributed by atoms with E-state index in [1.165, 1.54) is 6.20 Å². The molecule has 7 nitrogen and oxygen atoms in total. The molecule has 0 bridgehead atoms. The zero-order valence-corrected chi connectivity index (χ0v) is 14.2. The highest BCUT2D eigenvalue weighted by Crippen LogP contribution is 2.16. The molecule has 0 radical (unpaired) electrons. The van der Waals surface area contributed by atoms with Crippen LogP contribution in [0.15, 0.2) is 36.7 Å². The van der Waals surface area contributed by atoms with Gasteiger partial charge in [-0.25, -0.2) is 9.97 Å². The molecule has 1 saturated heterocycles. The summed E-state index contributed by atoms with van der Waals surface area (Å²) >= 11 is 0. The Bertz CT molecular complexity index is 682. The van der Waals surface area contributed by atoms with E-state index in [1.54, 1.807) is 18.3 Å². The van der Waals surface area contributed by atoms with Crippen molar-refractivity contribution < 1.29 is 14.3 Å². The monoisotopic (exact) mass is 342 g/mol. The van der Waals surface area contributed by atoms with Crippen LogP contribution in [0.25, 0.3) is 0 Å². The summed E-state index contributed by atoms with van der Waals surface area (Å²) in [6.45, 7) is 4.05. The van der Waals surface area contributed by atoms with E-state index in [9.17, 15) is 4.79 Å². The number of amides is 1. The van der Waals surface area contributed by atoms with Gasteiger partial charge in [0.1, 0.15) is 17.3 Å². The lowest BCUT2D eigenvalue weighted by Crippen LogP contribution is -2.19. The standard InChI is InChI=1S/C18H22N4O3/c1-2-24-14-7-5-13(6-8-14)22-18(23)16-11-21-17(12-19-16)20-10-15-4-3-9-25-15/h5-8,11-12,15H,2-4,9-10H2,1H3,(H,20,21)(H,22,23). The van der Waals surface area contributed by atoms with Crippen LogP contribution in [0, 0.1) is 0 Å². The van der Waals surface area contributed by atoms with Crippen molar-refractivity contribution in [2.75, 3.05) is 30.4 Å². The van der Waals surface area contributed by atoms with Crippen molar-refractivity contribution in [3.8, 4) is 5.75 Å². The van der Waals surface area contributed by atoms with Gasteiger partial charge < -0.3 is 20.1 Å². The smallest absolute Gasteiger partial charge is 0.275 e. The molecule has 2 aromatic rings. The summed E-state index contributed by atoms with van der Waals surface area (Å²) in [6.07, 6.45) is 5.40. The molecule has 0 saturated carbocycles. The molecule has 1 aromatic carbocycles. The molecule has 1 amide bonds. The molecule has 0 aliphatic carbocycles. The molecule has 2 N–H and O–H groups in total. The van der Waals surface area contributed by atoms with E-state index < -0.39 is 0 Å². The highest BCUT2D eigenvalue weighted by atomic mass is 16.5. The van der Waals surface area contributed by atoms with Crippen LogP contribution in [-0.2, 0) is 4.74 Å². The number of hydrogen-bond donors (Lipinski definition) is 2. The van der Waals surface area contributed by atoms with Gasteiger partial charge in [-0.05, 0) is 44.0 Å². The molecule has 1 aliphatic heterocycles. The fourth-order valence-corrected chi connectivity index (χ4v) is 2.56. The van der Waals surface area contributed by atoms with E-state index in [2.05, 4.69) is 20.6 Å². The molecule has 1 aliphatic rings. The maximum absolute atomic E-state index is 12.2. The zero-order chi connectivity index (χ0) is 17.5. The first kappa shape index (κ1) is 17.2.